The molecule has 0 atom stereocenters. The predicted octanol–water partition coefficient (Wildman–Crippen LogP) is 2.26. The molecule has 1 rings (SSSR count). The van der Waals surface area contributed by atoms with Gasteiger partial charge in [0, 0.05) is 6.54 Å². The molecule has 0 N–H and O–H groups in total. The van der Waals surface area contributed by atoms with E-state index < -0.39 is 11.4 Å². The fourth-order valence-electron chi connectivity index (χ4n) is 2.72. The number of nitrogens with zero attached hydrogens (tertiary/aromatic N) is 2. The highest BCUT2D eigenvalue weighted by atomic mass is 16.5. The Morgan fingerprint density at radius 3 is 2.40 bits per heavy atom. The molecule has 0 aromatic heterocycles. The molecule has 5 heteroatoms. The molecule has 0 unspecified atom stereocenters. The van der Waals surface area contributed by atoms with Crippen LogP contribution >= 0.6 is 0 Å². The standard InChI is InChI=1S/C15H24N2O3/c1-3-10-17(11-13(18)20-4-2)14(19)15(12-16)8-6-5-7-9-15/h3-11H2,1-2H3. The molecule has 0 aliphatic heterocycles. The van der Waals surface area contributed by atoms with Crippen LogP contribution in [0.3, 0.4) is 0 Å². The van der Waals surface area contributed by atoms with Gasteiger partial charge in [-0.3, -0.25) is 9.59 Å². The van der Waals surface area contributed by atoms with Crippen molar-refractivity contribution in [2.75, 3.05) is 19.7 Å². The Balaban J connectivity index is 2.81. The monoisotopic (exact) mass is 280 g/mol. The summed E-state index contributed by atoms with van der Waals surface area (Å²) in [6, 6.07) is 2.22. The van der Waals surface area contributed by atoms with Gasteiger partial charge in [-0.1, -0.05) is 26.2 Å². The number of amides is 1. The van der Waals surface area contributed by atoms with Crippen LogP contribution in [0.4, 0.5) is 0 Å². The Morgan fingerprint density at radius 1 is 1.25 bits per heavy atom. The molecular formula is C15H24N2O3. The van der Waals surface area contributed by atoms with Crippen molar-refractivity contribution >= 4 is 11.9 Å². The van der Waals surface area contributed by atoms with E-state index in [1.54, 1.807) is 6.92 Å². The van der Waals surface area contributed by atoms with Crippen molar-refractivity contribution in [1.29, 1.82) is 5.26 Å². The van der Waals surface area contributed by atoms with Crippen LogP contribution in [0.25, 0.3) is 0 Å². The summed E-state index contributed by atoms with van der Waals surface area (Å²) in [5, 5.41) is 9.45. The molecule has 1 fully saturated rings. The summed E-state index contributed by atoms with van der Waals surface area (Å²) in [4.78, 5) is 25.8. The van der Waals surface area contributed by atoms with E-state index in [1.807, 2.05) is 6.92 Å². The number of carbonyl (C=O) groups is 2. The third-order valence-corrected chi connectivity index (χ3v) is 3.74. The van der Waals surface area contributed by atoms with Crippen LogP contribution < -0.4 is 0 Å². The van der Waals surface area contributed by atoms with Crippen LogP contribution in [0.15, 0.2) is 0 Å². The van der Waals surface area contributed by atoms with E-state index >= 15 is 0 Å². The van der Waals surface area contributed by atoms with Gasteiger partial charge in [-0.2, -0.15) is 5.26 Å². The summed E-state index contributed by atoms with van der Waals surface area (Å²) < 4.78 is 4.91. The first-order chi connectivity index (χ1) is 9.59. The summed E-state index contributed by atoms with van der Waals surface area (Å²) in [7, 11) is 0. The molecule has 0 aromatic rings. The van der Waals surface area contributed by atoms with Crippen molar-refractivity contribution in [1.82, 2.24) is 4.90 Å². The number of rotatable bonds is 6. The quantitative estimate of drug-likeness (QED) is 0.700. The lowest BCUT2D eigenvalue weighted by molar-refractivity contribution is -0.152. The minimum absolute atomic E-state index is 0.0516. The van der Waals surface area contributed by atoms with Crippen LogP contribution in [0, 0.1) is 16.7 Å². The molecule has 0 spiro atoms. The largest absolute Gasteiger partial charge is 0.465 e. The number of ether oxygens (including phenoxy) is 1. The topological polar surface area (TPSA) is 70.4 Å². The third kappa shape index (κ3) is 3.96. The van der Waals surface area contributed by atoms with Gasteiger partial charge in [0.05, 0.1) is 12.7 Å². The Morgan fingerprint density at radius 2 is 1.90 bits per heavy atom. The lowest BCUT2D eigenvalue weighted by atomic mass is 9.74. The smallest absolute Gasteiger partial charge is 0.325 e. The molecule has 0 bridgehead atoms. The van der Waals surface area contributed by atoms with Crippen LogP contribution in [0.5, 0.6) is 0 Å². The highest BCUT2D eigenvalue weighted by Gasteiger charge is 2.42. The second-order valence-electron chi connectivity index (χ2n) is 5.29. The molecular weight excluding hydrogens is 256 g/mol. The predicted molar refractivity (Wildman–Crippen MR) is 74.6 cm³/mol. The van der Waals surface area contributed by atoms with Crippen LogP contribution in [-0.2, 0) is 14.3 Å². The Labute approximate surface area is 120 Å². The van der Waals surface area contributed by atoms with Gasteiger partial charge in [-0.15, -0.1) is 0 Å². The summed E-state index contributed by atoms with van der Waals surface area (Å²) >= 11 is 0. The van der Waals surface area contributed by atoms with E-state index in [1.165, 1.54) is 4.90 Å². The van der Waals surface area contributed by atoms with Crippen molar-refractivity contribution < 1.29 is 14.3 Å². The van der Waals surface area contributed by atoms with E-state index in [-0.39, 0.29) is 12.5 Å². The van der Waals surface area contributed by atoms with Gasteiger partial charge in [0.2, 0.25) is 5.91 Å². The van der Waals surface area contributed by atoms with Gasteiger partial charge < -0.3 is 9.64 Å². The summed E-state index contributed by atoms with van der Waals surface area (Å²) in [6.45, 7) is 4.43. The van der Waals surface area contributed by atoms with E-state index in [4.69, 9.17) is 4.74 Å². The molecule has 0 aromatic carbocycles. The number of esters is 1. The van der Waals surface area contributed by atoms with Crippen molar-refractivity contribution in [2.45, 2.75) is 52.4 Å². The molecule has 20 heavy (non-hydrogen) atoms. The first-order valence-electron chi connectivity index (χ1n) is 7.46. The zero-order valence-electron chi connectivity index (χ0n) is 12.5. The first-order valence-corrected chi connectivity index (χ1v) is 7.46. The van der Waals surface area contributed by atoms with E-state index in [9.17, 15) is 14.9 Å². The van der Waals surface area contributed by atoms with Crippen molar-refractivity contribution in [2.24, 2.45) is 5.41 Å². The fourth-order valence-corrected chi connectivity index (χ4v) is 2.72. The van der Waals surface area contributed by atoms with Crippen molar-refractivity contribution in [3.63, 3.8) is 0 Å². The number of hydrogen-bond acceptors (Lipinski definition) is 4. The Hall–Kier alpha value is -1.57. The summed E-state index contributed by atoms with van der Waals surface area (Å²) in [5.41, 5.74) is -0.931. The zero-order valence-corrected chi connectivity index (χ0v) is 12.5. The molecule has 0 heterocycles. The molecule has 0 saturated heterocycles. The van der Waals surface area contributed by atoms with Crippen molar-refractivity contribution in [3.8, 4) is 6.07 Å². The van der Waals surface area contributed by atoms with Crippen LogP contribution in [0.1, 0.15) is 52.4 Å². The molecule has 1 aliphatic rings. The van der Waals surface area contributed by atoms with Gasteiger partial charge in [0.1, 0.15) is 12.0 Å². The average molecular weight is 280 g/mol. The number of nitriles is 1. The normalized spacial score (nSPS) is 17.1. The van der Waals surface area contributed by atoms with Gasteiger partial charge in [0.15, 0.2) is 0 Å². The van der Waals surface area contributed by atoms with Gasteiger partial charge >= 0.3 is 5.97 Å². The number of carbonyl (C=O) groups excluding carboxylic acids is 2. The molecule has 1 aliphatic carbocycles. The molecule has 5 nitrogen and oxygen atoms in total. The van der Waals surface area contributed by atoms with Gasteiger partial charge in [-0.25, -0.2) is 0 Å². The fraction of sp³-hybridized carbons (Fsp3) is 0.800. The van der Waals surface area contributed by atoms with E-state index in [0.29, 0.717) is 26.0 Å². The zero-order chi connectivity index (χ0) is 15.0. The second-order valence-corrected chi connectivity index (χ2v) is 5.29. The van der Waals surface area contributed by atoms with E-state index in [2.05, 4.69) is 6.07 Å². The van der Waals surface area contributed by atoms with Crippen molar-refractivity contribution in [3.05, 3.63) is 0 Å². The molecule has 112 valence electrons. The first kappa shape index (κ1) is 16.5. The van der Waals surface area contributed by atoms with Crippen LogP contribution in [0.2, 0.25) is 0 Å². The maximum absolute atomic E-state index is 12.7. The summed E-state index contributed by atoms with van der Waals surface area (Å²) in [5.74, 6) is -0.604. The molecule has 0 radical (unpaired) electrons. The minimum atomic E-state index is -0.931. The second kappa shape index (κ2) is 7.88. The SMILES string of the molecule is CCCN(CC(=O)OCC)C(=O)C1(C#N)CCCCC1. The lowest BCUT2D eigenvalue weighted by Gasteiger charge is -2.34. The highest BCUT2D eigenvalue weighted by molar-refractivity contribution is 5.88. The number of hydrogen-bond donors (Lipinski definition) is 0. The maximum Gasteiger partial charge on any atom is 0.325 e. The average Bonchev–Trinajstić information content (AvgIpc) is 2.47. The Bertz CT molecular complexity index is 381. The molecule has 1 saturated carbocycles. The highest BCUT2D eigenvalue weighted by Crippen LogP contribution is 2.37. The van der Waals surface area contributed by atoms with Gasteiger partial charge in [0.25, 0.3) is 0 Å². The third-order valence-electron chi connectivity index (χ3n) is 3.74. The summed E-state index contributed by atoms with van der Waals surface area (Å²) in [6.07, 6.45) is 4.84. The lowest BCUT2D eigenvalue weighted by Crippen LogP contribution is -2.47. The van der Waals surface area contributed by atoms with Gasteiger partial charge in [-0.05, 0) is 26.2 Å². The van der Waals surface area contributed by atoms with E-state index in [0.717, 1.165) is 25.7 Å². The molecule has 1 amide bonds. The minimum Gasteiger partial charge on any atom is -0.465 e. The maximum atomic E-state index is 12.7. The van der Waals surface area contributed by atoms with Crippen LogP contribution in [-0.4, -0.2) is 36.5 Å². The Kier molecular flexibility index (Phi) is 6.50.